The number of likely N-dealkylation sites (tertiary alicyclic amines) is 1. The number of nitrogens with zero attached hydrogens (tertiary/aromatic N) is 1. The van der Waals surface area contributed by atoms with Gasteiger partial charge in [0.1, 0.15) is 6.04 Å². The molecule has 3 aromatic rings. The SMILES string of the molecule is CCc1cc(Cl)cc(C)c1C(=O)NC(CC1CCN(C(=O)CCC2NC=CCC2c2cccc3ccccc23)CC1)C(=O)O. The molecule has 5 rings (SSSR count). The Morgan fingerprint density at radius 2 is 1.84 bits per heavy atom. The number of carboxylic acids is 1. The van der Waals surface area contributed by atoms with Gasteiger partial charge in [-0.1, -0.05) is 67.1 Å². The Bertz CT molecular complexity index is 1540. The van der Waals surface area contributed by atoms with Gasteiger partial charge in [0.2, 0.25) is 5.91 Å². The zero-order valence-corrected chi connectivity index (χ0v) is 26.3. The molecule has 3 aromatic carbocycles. The summed E-state index contributed by atoms with van der Waals surface area (Å²) in [5.74, 6) is -0.888. The number of piperidine rings is 1. The number of carbonyl (C=O) groups excluding carboxylic acids is 2. The summed E-state index contributed by atoms with van der Waals surface area (Å²) in [5, 5.41) is 19.3. The number of rotatable bonds is 10. The minimum absolute atomic E-state index is 0.110. The molecule has 0 aliphatic carbocycles. The molecule has 0 radical (unpaired) electrons. The fourth-order valence-electron chi connectivity index (χ4n) is 6.95. The number of amides is 2. The summed E-state index contributed by atoms with van der Waals surface area (Å²) < 4.78 is 0. The Morgan fingerprint density at radius 1 is 1.09 bits per heavy atom. The molecule has 0 aromatic heterocycles. The summed E-state index contributed by atoms with van der Waals surface area (Å²) in [6.45, 7) is 4.96. The Kier molecular flexibility index (Phi) is 10.3. The number of fused-ring (bicyclic) bond motifs is 1. The molecule has 1 saturated heterocycles. The predicted molar refractivity (Wildman–Crippen MR) is 175 cm³/mol. The van der Waals surface area contributed by atoms with Crippen LogP contribution in [0.5, 0.6) is 0 Å². The number of halogens is 1. The van der Waals surface area contributed by atoms with Crippen LogP contribution in [0.4, 0.5) is 0 Å². The van der Waals surface area contributed by atoms with Gasteiger partial charge in [0.15, 0.2) is 0 Å². The van der Waals surface area contributed by atoms with Crippen LogP contribution >= 0.6 is 11.6 Å². The van der Waals surface area contributed by atoms with Crippen LogP contribution < -0.4 is 10.6 Å². The molecule has 7 nitrogen and oxygen atoms in total. The highest BCUT2D eigenvalue weighted by Gasteiger charge is 2.31. The predicted octanol–water partition coefficient (Wildman–Crippen LogP) is 6.62. The lowest BCUT2D eigenvalue weighted by atomic mass is 9.82. The van der Waals surface area contributed by atoms with Crippen LogP contribution in [0, 0.1) is 12.8 Å². The van der Waals surface area contributed by atoms with E-state index in [0.29, 0.717) is 55.8 Å². The molecule has 0 saturated carbocycles. The van der Waals surface area contributed by atoms with E-state index >= 15 is 0 Å². The lowest BCUT2D eigenvalue weighted by molar-refractivity contribution is -0.140. The van der Waals surface area contributed by atoms with Crippen molar-refractivity contribution in [2.24, 2.45) is 5.92 Å². The molecular weight excluding hydrogens is 574 g/mol. The van der Waals surface area contributed by atoms with Gasteiger partial charge >= 0.3 is 5.97 Å². The molecule has 3 atom stereocenters. The van der Waals surface area contributed by atoms with Gasteiger partial charge in [0.05, 0.1) is 0 Å². The van der Waals surface area contributed by atoms with E-state index in [2.05, 4.69) is 59.2 Å². The van der Waals surface area contributed by atoms with Gasteiger partial charge in [-0.15, -0.1) is 0 Å². The van der Waals surface area contributed by atoms with Gasteiger partial charge in [-0.25, -0.2) is 4.79 Å². The standard InChI is InChI=1S/C36H42ClN3O4/c1-3-25-22-27(37)20-23(2)34(25)35(42)39-32(36(43)44)21-24-15-18-40(19-16-24)33(41)14-13-31-30(12-7-17-38-31)29-11-6-9-26-8-4-5-10-28(26)29/h4-11,17,20,22,24,30-32,38H,3,12-16,18-19,21H2,1-2H3,(H,39,42)(H,43,44). The van der Waals surface area contributed by atoms with Crippen molar-refractivity contribution in [3.63, 3.8) is 0 Å². The van der Waals surface area contributed by atoms with Crippen LogP contribution in [-0.2, 0) is 16.0 Å². The lowest BCUT2D eigenvalue weighted by Crippen LogP contribution is -2.45. The summed E-state index contributed by atoms with van der Waals surface area (Å²) >= 11 is 6.18. The lowest BCUT2D eigenvalue weighted by Gasteiger charge is -2.35. The second kappa shape index (κ2) is 14.3. The topological polar surface area (TPSA) is 98.7 Å². The van der Waals surface area contributed by atoms with Crippen LogP contribution in [0.25, 0.3) is 10.8 Å². The van der Waals surface area contributed by atoms with Crippen molar-refractivity contribution < 1.29 is 19.5 Å². The first-order chi connectivity index (χ1) is 21.2. The van der Waals surface area contributed by atoms with Gasteiger partial charge in [0.25, 0.3) is 5.91 Å². The Labute approximate surface area is 264 Å². The third kappa shape index (κ3) is 7.27. The molecule has 232 valence electrons. The number of benzene rings is 3. The van der Waals surface area contributed by atoms with Crippen molar-refractivity contribution in [2.75, 3.05) is 13.1 Å². The zero-order chi connectivity index (χ0) is 31.2. The number of carbonyl (C=O) groups is 3. The maximum atomic E-state index is 13.3. The van der Waals surface area contributed by atoms with Gasteiger partial charge in [-0.3, -0.25) is 9.59 Å². The van der Waals surface area contributed by atoms with E-state index < -0.39 is 12.0 Å². The van der Waals surface area contributed by atoms with Crippen LogP contribution in [0.2, 0.25) is 5.02 Å². The van der Waals surface area contributed by atoms with E-state index in [4.69, 9.17) is 11.6 Å². The number of hydrogen-bond donors (Lipinski definition) is 3. The molecular formula is C36H42ClN3O4. The highest BCUT2D eigenvalue weighted by Crippen LogP contribution is 2.34. The quantitative estimate of drug-likeness (QED) is 0.238. The molecule has 44 heavy (non-hydrogen) atoms. The molecule has 0 bridgehead atoms. The number of allylic oxidation sites excluding steroid dienone is 1. The fraction of sp³-hybridized carbons (Fsp3) is 0.417. The number of aliphatic carboxylic acids is 1. The number of carboxylic acid groups (broad SMARTS) is 1. The first kappa shape index (κ1) is 31.6. The van der Waals surface area contributed by atoms with Gasteiger partial charge in [-0.2, -0.15) is 0 Å². The van der Waals surface area contributed by atoms with Crippen LogP contribution in [0.15, 0.2) is 66.9 Å². The van der Waals surface area contributed by atoms with Crippen LogP contribution in [-0.4, -0.2) is 53.0 Å². The largest absolute Gasteiger partial charge is 0.480 e. The smallest absolute Gasteiger partial charge is 0.326 e. The minimum Gasteiger partial charge on any atom is -0.480 e. The van der Waals surface area contributed by atoms with Crippen molar-refractivity contribution >= 4 is 40.2 Å². The van der Waals surface area contributed by atoms with E-state index in [-0.39, 0.29) is 29.7 Å². The maximum Gasteiger partial charge on any atom is 0.326 e. The van der Waals surface area contributed by atoms with Crippen LogP contribution in [0.3, 0.4) is 0 Å². The highest BCUT2D eigenvalue weighted by atomic mass is 35.5. The van der Waals surface area contributed by atoms with Gasteiger partial charge in [0, 0.05) is 42.1 Å². The zero-order valence-electron chi connectivity index (χ0n) is 25.5. The van der Waals surface area contributed by atoms with Crippen molar-refractivity contribution in [3.8, 4) is 0 Å². The third-order valence-corrected chi connectivity index (χ3v) is 9.54. The third-order valence-electron chi connectivity index (χ3n) is 9.33. The summed E-state index contributed by atoms with van der Waals surface area (Å²) in [5.41, 5.74) is 3.33. The summed E-state index contributed by atoms with van der Waals surface area (Å²) in [4.78, 5) is 40.5. The number of aryl methyl sites for hydroxylation is 2. The van der Waals surface area contributed by atoms with E-state index in [9.17, 15) is 19.5 Å². The molecule has 2 amide bonds. The second-order valence-electron chi connectivity index (χ2n) is 12.2. The van der Waals surface area contributed by atoms with Gasteiger partial charge < -0.3 is 20.6 Å². The first-order valence-corrected chi connectivity index (χ1v) is 16.1. The summed E-state index contributed by atoms with van der Waals surface area (Å²) in [6.07, 6.45) is 8.71. The molecule has 8 heteroatoms. The van der Waals surface area contributed by atoms with E-state index in [0.717, 1.165) is 24.0 Å². The minimum atomic E-state index is -1.05. The average molecular weight is 616 g/mol. The van der Waals surface area contributed by atoms with E-state index in [1.807, 2.05) is 24.9 Å². The van der Waals surface area contributed by atoms with Gasteiger partial charge in [-0.05, 0) is 97.2 Å². The van der Waals surface area contributed by atoms with Crippen LogP contribution in [0.1, 0.15) is 78.4 Å². The number of hydrogen-bond acceptors (Lipinski definition) is 4. The molecule has 2 heterocycles. The van der Waals surface area contributed by atoms with E-state index in [1.165, 1.54) is 16.3 Å². The number of nitrogens with one attached hydrogen (secondary N) is 2. The van der Waals surface area contributed by atoms with Crippen molar-refractivity contribution in [3.05, 3.63) is 94.1 Å². The average Bonchev–Trinajstić information content (AvgIpc) is 3.03. The van der Waals surface area contributed by atoms with Crippen molar-refractivity contribution in [1.29, 1.82) is 0 Å². The molecule has 1 fully saturated rings. The van der Waals surface area contributed by atoms with E-state index in [1.54, 1.807) is 12.1 Å². The summed E-state index contributed by atoms with van der Waals surface area (Å²) in [6, 6.07) is 17.6. The highest BCUT2D eigenvalue weighted by molar-refractivity contribution is 6.30. The molecule has 2 aliphatic rings. The Balaban J connectivity index is 1.14. The maximum absolute atomic E-state index is 13.3. The Hall–Kier alpha value is -3.84. The molecule has 3 unspecified atom stereocenters. The first-order valence-electron chi connectivity index (χ1n) is 15.7. The van der Waals surface area contributed by atoms with Crippen molar-refractivity contribution in [2.45, 2.75) is 76.8 Å². The Morgan fingerprint density at radius 3 is 2.59 bits per heavy atom. The molecule has 3 N–H and O–H groups in total. The normalized spacial score (nSPS) is 19.4. The summed E-state index contributed by atoms with van der Waals surface area (Å²) in [7, 11) is 0. The molecule has 2 aliphatic heterocycles. The monoisotopic (exact) mass is 615 g/mol. The second-order valence-corrected chi connectivity index (χ2v) is 12.6. The molecule has 0 spiro atoms. The fourth-order valence-corrected chi connectivity index (χ4v) is 7.24. The van der Waals surface area contributed by atoms with Crippen molar-refractivity contribution in [1.82, 2.24) is 15.5 Å².